The van der Waals surface area contributed by atoms with Crippen LogP contribution in [0.5, 0.6) is 11.5 Å². The molecular weight excluding hydrogens is 382 g/mol. The van der Waals surface area contributed by atoms with Crippen LogP contribution in [0.15, 0.2) is 66.7 Å². The van der Waals surface area contributed by atoms with Crippen molar-refractivity contribution in [1.82, 2.24) is 5.32 Å². The number of benzene rings is 3. The number of hydrogen-bond donors (Lipinski definition) is 1. The molecule has 3 aromatic carbocycles. The van der Waals surface area contributed by atoms with Crippen molar-refractivity contribution in [3.8, 4) is 11.5 Å². The van der Waals surface area contributed by atoms with E-state index in [1.54, 1.807) is 14.2 Å². The third kappa shape index (κ3) is 4.47. The van der Waals surface area contributed by atoms with Crippen molar-refractivity contribution in [2.75, 3.05) is 20.8 Å². The maximum Gasteiger partial charge on any atom is 0.160 e. The Bertz CT molecular complexity index is 950. The molecule has 0 aromatic heterocycles. The molecule has 1 N–H and O–H groups in total. The first-order chi connectivity index (χ1) is 13.8. The van der Waals surface area contributed by atoms with Gasteiger partial charge in [-0.25, -0.2) is 0 Å². The van der Waals surface area contributed by atoms with E-state index in [1.165, 1.54) is 27.8 Å². The van der Waals surface area contributed by atoms with Gasteiger partial charge in [0, 0.05) is 6.54 Å². The second-order valence-corrected chi connectivity index (χ2v) is 6.92. The number of rotatable bonds is 6. The lowest BCUT2D eigenvalue weighted by Crippen LogP contribution is -2.25. The first kappa shape index (κ1) is 21.0. The zero-order valence-electron chi connectivity index (χ0n) is 16.7. The van der Waals surface area contributed by atoms with Gasteiger partial charge in [0.15, 0.2) is 11.5 Å². The molecule has 3 aromatic rings. The van der Waals surface area contributed by atoms with E-state index >= 15 is 0 Å². The molecule has 0 unspecified atom stereocenters. The molecule has 0 aliphatic heterocycles. The molecule has 1 aliphatic carbocycles. The van der Waals surface area contributed by atoms with Gasteiger partial charge in [0.25, 0.3) is 0 Å². The summed E-state index contributed by atoms with van der Waals surface area (Å²) in [7, 11) is 3.33. The highest BCUT2D eigenvalue weighted by Gasteiger charge is 2.20. The van der Waals surface area contributed by atoms with Gasteiger partial charge in [0.2, 0.25) is 0 Å². The molecule has 0 amide bonds. The highest BCUT2D eigenvalue weighted by atomic mass is 35.5. The summed E-state index contributed by atoms with van der Waals surface area (Å²) >= 11 is 0. The van der Waals surface area contributed by atoms with Crippen LogP contribution in [0.3, 0.4) is 0 Å². The zero-order valence-corrected chi connectivity index (χ0v) is 17.5. The summed E-state index contributed by atoms with van der Waals surface area (Å²) in [5.41, 5.74) is 6.38. The van der Waals surface area contributed by atoms with Crippen LogP contribution in [0, 0.1) is 0 Å². The summed E-state index contributed by atoms with van der Waals surface area (Å²) in [6.07, 6.45) is 5.34. The van der Waals surface area contributed by atoms with Crippen LogP contribution in [0.1, 0.15) is 33.9 Å². The van der Waals surface area contributed by atoms with Crippen LogP contribution >= 0.6 is 12.4 Å². The fourth-order valence-corrected chi connectivity index (χ4v) is 3.82. The SMILES string of the molecule is COc1ccc(CCNC2c3ccccc3C=Cc3ccccc32)cc1OC.Cl. The van der Waals surface area contributed by atoms with Crippen molar-refractivity contribution in [3.63, 3.8) is 0 Å². The topological polar surface area (TPSA) is 30.5 Å². The highest BCUT2D eigenvalue weighted by Crippen LogP contribution is 2.33. The molecule has 0 saturated heterocycles. The van der Waals surface area contributed by atoms with Crippen molar-refractivity contribution in [3.05, 3.63) is 94.5 Å². The minimum Gasteiger partial charge on any atom is -0.493 e. The third-order valence-corrected chi connectivity index (χ3v) is 5.27. The van der Waals surface area contributed by atoms with Gasteiger partial charge in [-0.05, 0) is 46.4 Å². The van der Waals surface area contributed by atoms with Gasteiger partial charge in [-0.2, -0.15) is 0 Å². The number of halogens is 1. The summed E-state index contributed by atoms with van der Waals surface area (Å²) in [5, 5.41) is 3.78. The van der Waals surface area contributed by atoms with Gasteiger partial charge < -0.3 is 14.8 Å². The molecule has 3 nitrogen and oxygen atoms in total. The minimum absolute atomic E-state index is 0. The monoisotopic (exact) mass is 407 g/mol. The Labute approximate surface area is 178 Å². The molecule has 0 atom stereocenters. The molecule has 0 spiro atoms. The number of fused-ring (bicyclic) bond motifs is 2. The fourth-order valence-electron chi connectivity index (χ4n) is 3.82. The number of hydrogen-bond acceptors (Lipinski definition) is 3. The molecule has 0 saturated carbocycles. The molecule has 29 heavy (non-hydrogen) atoms. The summed E-state index contributed by atoms with van der Waals surface area (Å²) in [4.78, 5) is 0. The van der Waals surface area contributed by atoms with E-state index in [9.17, 15) is 0 Å². The molecule has 0 heterocycles. The number of ether oxygens (including phenoxy) is 2. The third-order valence-electron chi connectivity index (χ3n) is 5.27. The Morgan fingerprint density at radius 3 is 1.93 bits per heavy atom. The smallest absolute Gasteiger partial charge is 0.160 e. The molecular formula is C25H26ClNO2. The summed E-state index contributed by atoms with van der Waals surface area (Å²) in [6, 6.07) is 23.5. The van der Waals surface area contributed by atoms with Crippen LogP contribution in [-0.4, -0.2) is 20.8 Å². The summed E-state index contributed by atoms with van der Waals surface area (Å²) in [5.74, 6) is 1.53. The maximum absolute atomic E-state index is 5.43. The van der Waals surface area contributed by atoms with Crippen LogP contribution < -0.4 is 14.8 Å². The first-order valence-corrected chi connectivity index (χ1v) is 9.60. The standard InChI is InChI=1S/C25H25NO2.ClH/c1-27-23-14-11-18(17-24(23)28-2)15-16-26-25-21-9-5-3-7-19(21)12-13-20-8-4-6-10-22(20)25;/h3-14,17,25-26H,15-16H2,1-2H3;1H. The summed E-state index contributed by atoms with van der Waals surface area (Å²) < 4.78 is 10.8. The van der Waals surface area contributed by atoms with Crippen molar-refractivity contribution in [2.45, 2.75) is 12.5 Å². The predicted molar refractivity (Wildman–Crippen MR) is 122 cm³/mol. The average molecular weight is 408 g/mol. The highest BCUT2D eigenvalue weighted by molar-refractivity contribution is 5.85. The lowest BCUT2D eigenvalue weighted by molar-refractivity contribution is 0.354. The molecule has 0 radical (unpaired) electrons. The van der Waals surface area contributed by atoms with Crippen LogP contribution in [0.25, 0.3) is 12.2 Å². The van der Waals surface area contributed by atoms with E-state index in [0.29, 0.717) is 0 Å². The number of nitrogens with one attached hydrogen (secondary N) is 1. The lowest BCUT2D eigenvalue weighted by atomic mass is 9.94. The average Bonchev–Trinajstić information content (AvgIpc) is 2.91. The number of methoxy groups -OCH3 is 2. The Kier molecular flexibility index (Phi) is 6.97. The van der Waals surface area contributed by atoms with E-state index < -0.39 is 0 Å². The molecule has 1 aliphatic rings. The van der Waals surface area contributed by atoms with Gasteiger partial charge in [0.1, 0.15) is 0 Å². The van der Waals surface area contributed by atoms with Crippen molar-refractivity contribution in [2.24, 2.45) is 0 Å². The Morgan fingerprint density at radius 2 is 1.34 bits per heavy atom. The van der Waals surface area contributed by atoms with Crippen LogP contribution in [-0.2, 0) is 6.42 Å². The Balaban J connectivity index is 0.00000240. The Hall–Kier alpha value is -2.75. The van der Waals surface area contributed by atoms with Gasteiger partial charge in [-0.3, -0.25) is 0 Å². The summed E-state index contributed by atoms with van der Waals surface area (Å²) in [6.45, 7) is 0.864. The van der Waals surface area contributed by atoms with Gasteiger partial charge in [-0.15, -0.1) is 12.4 Å². The van der Waals surface area contributed by atoms with E-state index in [0.717, 1.165) is 24.5 Å². The molecule has 4 rings (SSSR count). The Morgan fingerprint density at radius 1 is 0.759 bits per heavy atom. The second kappa shape index (κ2) is 9.64. The first-order valence-electron chi connectivity index (χ1n) is 9.60. The van der Waals surface area contributed by atoms with E-state index in [4.69, 9.17) is 9.47 Å². The van der Waals surface area contributed by atoms with E-state index in [1.807, 2.05) is 6.07 Å². The van der Waals surface area contributed by atoms with Crippen LogP contribution in [0.2, 0.25) is 0 Å². The lowest BCUT2D eigenvalue weighted by Gasteiger charge is -2.22. The largest absolute Gasteiger partial charge is 0.493 e. The second-order valence-electron chi connectivity index (χ2n) is 6.92. The van der Waals surface area contributed by atoms with E-state index in [-0.39, 0.29) is 18.4 Å². The van der Waals surface area contributed by atoms with Crippen molar-refractivity contribution >= 4 is 24.6 Å². The maximum atomic E-state index is 5.43. The van der Waals surface area contributed by atoms with Gasteiger partial charge >= 0.3 is 0 Å². The minimum atomic E-state index is 0. The zero-order chi connectivity index (χ0) is 19.3. The molecule has 0 fully saturated rings. The van der Waals surface area contributed by atoms with Crippen molar-refractivity contribution < 1.29 is 9.47 Å². The molecule has 150 valence electrons. The normalized spacial score (nSPS) is 12.3. The van der Waals surface area contributed by atoms with Crippen LogP contribution in [0.4, 0.5) is 0 Å². The predicted octanol–water partition coefficient (Wildman–Crippen LogP) is 5.53. The molecule has 4 heteroatoms. The van der Waals surface area contributed by atoms with E-state index in [2.05, 4.69) is 78.1 Å². The van der Waals surface area contributed by atoms with Crippen molar-refractivity contribution in [1.29, 1.82) is 0 Å². The van der Waals surface area contributed by atoms with Gasteiger partial charge in [0.05, 0.1) is 20.3 Å². The quantitative estimate of drug-likeness (QED) is 0.582. The fraction of sp³-hybridized carbons (Fsp3) is 0.200. The molecule has 0 bridgehead atoms. The van der Waals surface area contributed by atoms with Gasteiger partial charge in [-0.1, -0.05) is 66.7 Å².